The molecule has 0 aromatic carbocycles. The number of piperidine rings is 1. The average Bonchev–Trinajstić information content (AvgIpc) is 2.83. The maximum atomic E-state index is 12.2. The summed E-state index contributed by atoms with van der Waals surface area (Å²) in [6.07, 6.45) is 8.76. The minimum atomic E-state index is -0.507. The number of β-amino-alcohol motifs (C(OH)–C–C–N with tert-alkyl or cyclic N) is 1. The predicted octanol–water partition coefficient (Wildman–Crippen LogP) is 2.32. The number of hydrogen-bond acceptors (Lipinski definition) is 4. The van der Waals surface area contributed by atoms with Gasteiger partial charge in [-0.25, -0.2) is 0 Å². The van der Waals surface area contributed by atoms with Gasteiger partial charge in [0.2, 0.25) is 5.91 Å². The molecule has 0 radical (unpaired) electrons. The third-order valence-corrected chi connectivity index (χ3v) is 5.43. The fourth-order valence-electron chi connectivity index (χ4n) is 3.70. The largest absolute Gasteiger partial charge is 0.390 e. The van der Waals surface area contributed by atoms with Crippen LogP contribution in [0.1, 0.15) is 65.2 Å². The maximum Gasteiger partial charge on any atom is 0.248 e. The molecule has 2 fully saturated rings. The van der Waals surface area contributed by atoms with Gasteiger partial charge in [-0.3, -0.25) is 4.79 Å². The molecule has 1 aliphatic carbocycles. The SMILES string of the molecule is CC1CCN(CC(O)CNC(=O)C(C)OC2CCCCCC2)CC1. The van der Waals surface area contributed by atoms with E-state index in [0.717, 1.165) is 31.8 Å². The van der Waals surface area contributed by atoms with Crippen molar-refractivity contribution in [1.29, 1.82) is 0 Å². The van der Waals surface area contributed by atoms with Gasteiger partial charge >= 0.3 is 0 Å². The molecular weight excluding hydrogens is 304 g/mol. The second-order valence-electron chi connectivity index (χ2n) is 7.77. The van der Waals surface area contributed by atoms with E-state index in [1.54, 1.807) is 0 Å². The van der Waals surface area contributed by atoms with Crippen LogP contribution in [0.4, 0.5) is 0 Å². The first-order valence-electron chi connectivity index (χ1n) is 9.88. The van der Waals surface area contributed by atoms with Crippen molar-refractivity contribution in [3.8, 4) is 0 Å². The Labute approximate surface area is 147 Å². The van der Waals surface area contributed by atoms with E-state index in [4.69, 9.17) is 4.74 Å². The van der Waals surface area contributed by atoms with Gasteiger partial charge in [0.25, 0.3) is 0 Å². The van der Waals surface area contributed by atoms with Crippen LogP contribution in [0.5, 0.6) is 0 Å². The van der Waals surface area contributed by atoms with Gasteiger partial charge < -0.3 is 20.1 Å². The second kappa shape index (κ2) is 10.4. The number of hydrogen-bond donors (Lipinski definition) is 2. The van der Waals surface area contributed by atoms with Crippen LogP contribution < -0.4 is 5.32 Å². The summed E-state index contributed by atoms with van der Waals surface area (Å²) < 4.78 is 5.92. The van der Waals surface area contributed by atoms with Gasteiger partial charge in [0, 0.05) is 13.1 Å². The Morgan fingerprint density at radius 2 is 1.79 bits per heavy atom. The minimum Gasteiger partial charge on any atom is -0.390 e. The topological polar surface area (TPSA) is 61.8 Å². The molecule has 1 saturated heterocycles. The first-order valence-corrected chi connectivity index (χ1v) is 9.88. The van der Waals surface area contributed by atoms with E-state index < -0.39 is 12.2 Å². The molecule has 1 amide bonds. The van der Waals surface area contributed by atoms with Crippen molar-refractivity contribution in [2.75, 3.05) is 26.2 Å². The van der Waals surface area contributed by atoms with Gasteiger partial charge in [-0.05, 0) is 51.6 Å². The van der Waals surface area contributed by atoms with E-state index in [1.165, 1.54) is 38.5 Å². The van der Waals surface area contributed by atoms with Crippen LogP contribution in [-0.2, 0) is 9.53 Å². The molecule has 0 aromatic heterocycles. The summed E-state index contributed by atoms with van der Waals surface area (Å²) >= 11 is 0. The molecule has 0 bridgehead atoms. The number of likely N-dealkylation sites (tertiary alicyclic amines) is 1. The zero-order valence-corrected chi connectivity index (χ0v) is 15.5. The molecule has 1 heterocycles. The molecule has 2 N–H and O–H groups in total. The molecule has 24 heavy (non-hydrogen) atoms. The zero-order chi connectivity index (χ0) is 17.4. The lowest BCUT2D eigenvalue weighted by molar-refractivity contribution is -0.136. The van der Waals surface area contributed by atoms with Crippen LogP contribution in [0, 0.1) is 5.92 Å². The number of ether oxygens (including phenoxy) is 1. The predicted molar refractivity (Wildman–Crippen MR) is 95.9 cm³/mol. The van der Waals surface area contributed by atoms with Crippen molar-refractivity contribution in [3.63, 3.8) is 0 Å². The lowest BCUT2D eigenvalue weighted by Gasteiger charge is -2.31. The summed E-state index contributed by atoms with van der Waals surface area (Å²) in [5, 5.41) is 13.0. The number of nitrogens with zero attached hydrogens (tertiary/aromatic N) is 1. The average molecular weight is 341 g/mol. The molecule has 0 spiro atoms. The van der Waals surface area contributed by atoms with Gasteiger partial charge in [0.05, 0.1) is 12.2 Å². The Balaban J connectivity index is 1.62. The molecule has 2 unspecified atom stereocenters. The Bertz CT molecular complexity index is 362. The fraction of sp³-hybridized carbons (Fsp3) is 0.947. The highest BCUT2D eigenvalue weighted by atomic mass is 16.5. The molecule has 1 aliphatic heterocycles. The highest BCUT2D eigenvalue weighted by molar-refractivity contribution is 5.80. The fourth-order valence-corrected chi connectivity index (χ4v) is 3.70. The Morgan fingerprint density at radius 3 is 2.42 bits per heavy atom. The molecule has 2 rings (SSSR count). The normalized spacial score (nSPS) is 24.3. The Kier molecular flexibility index (Phi) is 8.50. The highest BCUT2D eigenvalue weighted by Crippen LogP contribution is 2.21. The van der Waals surface area contributed by atoms with Crippen LogP contribution in [-0.4, -0.2) is 60.4 Å². The monoisotopic (exact) mass is 340 g/mol. The van der Waals surface area contributed by atoms with Gasteiger partial charge in [0.15, 0.2) is 0 Å². The summed E-state index contributed by atoms with van der Waals surface area (Å²) in [4.78, 5) is 14.5. The van der Waals surface area contributed by atoms with E-state index in [-0.39, 0.29) is 12.0 Å². The van der Waals surface area contributed by atoms with Gasteiger partial charge in [0.1, 0.15) is 6.10 Å². The summed E-state index contributed by atoms with van der Waals surface area (Å²) in [6.45, 7) is 7.15. The molecule has 140 valence electrons. The second-order valence-corrected chi connectivity index (χ2v) is 7.77. The van der Waals surface area contributed by atoms with E-state index in [0.29, 0.717) is 13.1 Å². The molecule has 2 aliphatic rings. The van der Waals surface area contributed by atoms with Gasteiger partial charge in [-0.2, -0.15) is 0 Å². The number of aliphatic hydroxyl groups excluding tert-OH is 1. The highest BCUT2D eigenvalue weighted by Gasteiger charge is 2.22. The molecule has 0 aromatic rings. The van der Waals surface area contributed by atoms with Crippen molar-refractivity contribution in [2.24, 2.45) is 5.92 Å². The van der Waals surface area contributed by atoms with Crippen LogP contribution in [0.2, 0.25) is 0 Å². The number of amides is 1. The lowest BCUT2D eigenvalue weighted by Crippen LogP contribution is -2.45. The lowest BCUT2D eigenvalue weighted by atomic mass is 9.99. The van der Waals surface area contributed by atoms with Crippen molar-refractivity contribution >= 4 is 5.91 Å². The number of nitrogens with one attached hydrogen (secondary N) is 1. The zero-order valence-electron chi connectivity index (χ0n) is 15.5. The number of rotatable bonds is 7. The van der Waals surface area contributed by atoms with E-state index in [9.17, 15) is 9.90 Å². The molecule has 2 atom stereocenters. The van der Waals surface area contributed by atoms with Crippen molar-refractivity contribution in [1.82, 2.24) is 10.2 Å². The number of aliphatic hydroxyl groups is 1. The number of carbonyl (C=O) groups is 1. The van der Waals surface area contributed by atoms with Crippen molar-refractivity contribution in [2.45, 2.75) is 83.5 Å². The van der Waals surface area contributed by atoms with Crippen molar-refractivity contribution in [3.05, 3.63) is 0 Å². The van der Waals surface area contributed by atoms with E-state index in [1.807, 2.05) is 6.92 Å². The molecule has 5 heteroatoms. The molecule has 1 saturated carbocycles. The Morgan fingerprint density at radius 1 is 1.17 bits per heavy atom. The first kappa shape index (κ1) is 19.7. The van der Waals surface area contributed by atoms with Crippen molar-refractivity contribution < 1.29 is 14.6 Å². The van der Waals surface area contributed by atoms with Crippen LogP contribution in [0.15, 0.2) is 0 Å². The summed E-state index contributed by atoms with van der Waals surface area (Å²) in [5.41, 5.74) is 0. The summed E-state index contributed by atoms with van der Waals surface area (Å²) in [5.74, 6) is 0.686. The standard InChI is InChI=1S/C19H36N2O3/c1-15-9-11-21(12-10-15)14-17(22)13-20-19(23)16(2)24-18-7-5-3-4-6-8-18/h15-18,22H,3-14H2,1-2H3,(H,20,23). The first-order chi connectivity index (χ1) is 11.5. The summed E-state index contributed by atoms with van der Waals surface area (Å²) in [6, 6.07) is 0. The number of carbonyl (C=O) groups excluding carboxylic acids is 1. The van der Waals surface area contributed by atoms with E-state index in [2.05, 4.69) is 17.1 Å². The molecular formula is C19H36N2O3. The molecule has 5 nitrogen and oxygen atoms in total. The Hall–Kier alpha value is -0.650. The van der Waals surface area contributed by atoms with Crippen LogP contribution in [0.25, 0.3) is 0 Å². The smallest absolute Gasteiger partial charge is 0.248 e. The van der Waals surface area contributed by atoms with Gasteiger partial charge in [-0.1, -0.05) is 32.6 Å². The van der Waals surface area contributed by atoms with Gasteiger partial charge in [-0.15, -0.1) is 0 Å². The quantitative estimate of drug-likeness (QED) is 0.698. The van der Waals surface area contributed by atoms with Crippen LogP contribution in [0.3, 0.4) is 0 Å². The third-order valence-electron chi connectivity index (χ3n) is 5.43. The van der Waals surface area contributed by atoms with Crippen LogP contribution >= 0.6 is 0 Å². The van der Waals surface area contributed by atoms with E-state index >= 15 is 0 Å². The summed E-state index contributed by atoms with van der Waals surface area (Å²) in [7, 11) is 0. The third kappa shape index (κ3) is 7.08. The minimum absolute atomic E-state index is 0.106. The maximum absolute atomic E-state index is 12.2.